The molecular weight excluding hydrogens is 213 g/mol. The molecule has 2 aromatic rings. The lowest BCUT2D eigenvalue weighted by atomic mass is 10.2. The first-order chi connectivity index (χ1) is 7.16. The Bertz CT molecular complexity index is 467. The van der Waals surface area contributed by atoms with E-state index in [1.54, 1.807) is 24.4 Å². The van der Waals surface area contributed by atoms with E-state index in [9.17, 15) is 9.50 Å². The van der Waals surface area contributed by atoms with Crippen molar-refractivity contribution in [2.45, 2.75) is 13.0 Å². The first-order valence-corrected chi connectivity index (χ1v) is 5.44. The zero-order valence-electron chi connectivity index (χ0n) is 8.14. The van der Waals surface area contributed by atoms with Gasteiger partial charge in [0.2, 0.25) is 0 Å². The van der Waals surface area contributed by atoms with Crippen LogP contribution in [0.2, 0.25) is 0 Å². The van der Waals surface area contributed by atoms with Crippen molar-refractivity contribution in [1.82, 2.24) is 4.98 Å². The van der Waals surface area contributed by atoms with Gasteiger partial charge in [0, 0.05) is 10.9 Å². The minimum Gasteiger partial charge on any atom is -0.387 e. The maximum atomic E-state index is 12.9. The summed E-state index contributed by atoms with van der Waals surface area (Å²) in [6.07, 6.45) is -0.580. The van der Waals surface area contributed by atoms with Crippen LogP contribution in [0.3, 0.4) is 0 Å². The molecule has 1 N–H and O–H groups in total. The summed E-state index contributed by atoms with van der Waals surface area (Å²) < 4.78 is 12.9. The molecule has 2 rings (SSSR count). The van der Waals surface area contributed by atoms with Crippen LogP contribution in [0.15, 0.2) is 29.6 Å². The van der Waals surface area contributed by atoms with E-state index in [2.05, 4.69) is 4.98 Å². The van der Waals surface area contributed by atoms with Crippen molar-refractivity contribution in [3.05, 3.63) is 41.2 Å². The van der Waals surface area contributed by atoms with Crippen LogP contribution >= 0.6 is 11.3 Å². The molecule has 0 amide bonds. The standard InChI is InChI=1S/C11H10FNOS/c1-7(14)10-6-15-11(13-10)8-3-2-4-9(12)5-8/h2-7,14H,1H3. The molecule has 0 bridgehead atoms. The SMILES string of the molecule is CC(O)c1csc(-c2cccc(F)c2)n1. The topological polar surface area (TPSA) is 33.1 Å². The Hall–Kier alpha value is -1.26. The van der Waals surface area contributed by atoms with Crippen LogP contribution in [-0.2, 0) is 0 Å². The summed E-state index contributed by atoms with van der Waals surface area (Å²) in [5.74, 6) is -0.277. The minimum absolute atomic E-state index is 0.277. The number of thiazole rings is 1. The molecule has 1 aromatic heterocycles. The molecule has 4 heteroatoms. The number of aromatic nitrogens is 1. The molecule has 1 atom stereocenters. The fraction of sp³-hybridized carbons (Fsp3) is 0.182. The van der Waals surface area contributed by atoms with E-state index in [1.165, 1.54) is 23.5 Å². The summed E-state index contributed by atoms with van der Waals surface area (Å²) in [5.41, 5.74) is 1.37. The van der Waals surface area contributed by atoms with Gasteiger partial charge >= 0.3 is 0 Å². The van der Waals surface area contributed by atoms with Crippen molar-refractivity contribution in [2.24, 2.45) is 0 Å². The van der Waals surface area contributed by atoms with Crippen molar-refractivity contribution >= 4 is 11.3 Å². The van der Waals surface area contributed by atoms with Gasteiger partial charge in [-0.25, -0.2) is 9.37 Å². The normalized spacial score (nSPS) is 12.7. The van der Waals surface area contributed by atoms with E-state index < -0.39 is 6.10 Å². The average Bonchev–Trinajstić information content (AvgIpc) is 2.66. The molecule has 0 saturated heterocycles. The predicted octanol–water partition coefficient (Wildman–Crippen LogP) is 3.00. The van der Waals surface area contributed by atoms with Crippen LogP contribution < -0.4 is 0 Å². The van der Waals surface area contributed by atoms with Gasteiger partial charge in [0.05, 0.1) is 11.8 Å². The molecule has 0 aliphatic heterocycles. The minimum atomic E-state index is -0.580. The predicted molar refractivity (Wildman–Crippen MR) is 58.1 cm³/mol. The third kappa shape index (κ3) is 2.22. The lowest BCUT2D eigenvalue weighted by molar-refractivity contribution is 0.195. The highest BCUT2D eigenvalue weighted by atomic mass is 32.1. The molecule has 0 radical (unpaired) electrons. The smallest absolute Gasteiger partial charge is 0.123 e. The molecule has 78 valence electrons. The molecule has 0 fully saturated rings. The van der Waals surface area contributed by atoms with Gasteiger partial charge in [0.15, 0.2) is 0 Å². The lowest BCUT2D eigenvalue weighted by Gasteiger charge is -1.97. The van der Waals surface area contributed by atoms with E-state index in [4.69, 9.17) is 0 Å². The van der Waals surface area contributed by atoms with Crippen LogP contribution in [0.1, 0.15) is 18.7 Å². The van der Waals surface area contributed by atoms with E-state index in [1.807, 2.05) is 0 Å². The Morgan fingerprint density at radius 2 is 2.27 bits per heavy atom. The first kappa shape index (κ1) is 10.3. The van der Waals surface area contributed by atoms with Gasteiger partial charge in [-0.15, -0.1) is 11.3 Å². The summed E-state index contributed by atoms with van der Waals surface area (Å²) in [7, 11) is 0. The second-order valence-electron chi connectivity index (χ2n) is 3.26. The number of rotatable bonds is 2. The summed E-state index contributed by atoms with van der Waals surface area (Å²) in [6, 6.07) is 6.28. The van der Waals surface area contributed by atoms with Crippen LogP contribution in [0, 0.1) is 5.82 Å². The van der Waals surface area contributed by atoms with Gasteiger partial charge < -0.3 is 5.11 Å². The van der Waals surface area contributed by atoms with Gasteiger partial charge in [-0.2, -0.15) is 0 Å². The molecule has 0 aliphatic carbocycles. The second-order valence-corrected chi connectivity index (χ2v) is 4.12. The second kappa shape index (κ2) is 4.08. The number of aliphatic hydroxyl groups is 1. The maximum absolute atomic E-state index is 12.9. The number of halogens is 1. The Balaban J connectivity index is 2.37. The van der Waals surface area contributed by atoms with E-state index in [0.29, 0.717) is 5.69 Å². The van der Waals surface area contributed by atoms with Crippen molar-refractivity contribution in [3.8, 4) is 10.6 Å². The fourth-order valence-electron chi connectivity index (χ4n) is 1.23. The highest BCUT2D eigenvalue weighted by molar-refractivity contribution is 7.13. The van der Waals surface area contributed by atoms with Crippen LogP contribution in [-0.4, -0.2) is 10.1 Å². The number of benzene rings is 1. The first-order valence-electron chi connectivity index (χ1n) is 4.56. The number of nitrogens with zero attached hydrogens (tertiary/aromatic N) is 1. The molecule has 0 aliphatic rings. The van der Waals surface area contributed by atoms with Crippen LogP contribution in [0.5, 0.6) is 0 Å². The Morgan fingerprint density at radius 3 is 2.87 bits per heavy atom. The molecule has 1 heterocycles. The zero-order valence-corrected chi connectivity index (χ0v) is 8.96. The Morgan fingerprint density at radius 1 is 1.47 bits per heavy atom. The fourth-order valence-corrected chi connectivity index (χ4v) is 2.14. The van der Waals surface area contributed by atoms with Crippen molar-refractivity contribution in [2.75, 3.05) is 0 Å². The van der Waals surface area contributed by atoms with Crippen molar-refractivity contribution in [1.29, 1.82) is 0 Å². The van der Waals surface area contributed by atoms with Crippen LogP contribution in [0.4, 0.5) is 4.39 Å². The summed E-state index contributed by atoms with van der Waals surface area (Å²) in [6.45, 7) is 1.66. The lowest BCUT2D eigenvalue weighted by Crippen LogP contribution is -1.90. The number of hydrogen-bond acceptors (Lipinski definition) is 3. The van der Waals surface area contributed by atoms with Gasteiger partial charge in [-0.05, 0) is 19.1 Å². The van der Waals surface area contributed by atoms with E-state index in [-0.39, 0.29) is 5.82 Å². The third-order valence-electron chi connectivity index (χ3n) is 2.02. The quantitative estimate of drug-likeness (QED) is 0.849. The largest absolute Gasteiger partial charge is 0.387 e. The summed E-state index contributed by atoms with van der Waals surface area (Å²) in [5, 5.41) is 11.8. The zero-order chi connectivity index (χ0) is 10.8. The third-order valence-corrected chi connectivity index (χ3v) is 2.93. The van der Waals surface area contributed by atoms with Gasteiger partial charge in [-0.1, -0.05) is 12.1 Å². The van der Waals surface area contributed by atoms with E-state index >= 15 is 0 Å². The highest BCUT2D eigenvalue weighted by Gasteiger charge is 2.08. The van der Waals surface area contributed by atoms with Crippen molar-refractivity contribution in [3.63, 3.8) is 0 Å². The molecule has 15 heavy (non-hydrogen) atoms. The summed E-state index contributed by atoms with van der Waals surface area (Å²) >= 11 is 1.40. The molecular formula is C11H10FNOS. The highest BCUT2D eigenvalue weighted by Crippen LogP contribution is 2.26. The molecule has 0 spiro atoms. The maximum Gasteiger partial charge on any atom is 0.123 e. The van der Waals surface area contributed by atoms with Crippen molar-refractivity contribution < 1.29 is 9.50 Å². The van der Waals surface area contributed by atoms with E-state index in [0.717, 1.165) is 10.6 Å². The molecule has 2 nitrogen and oxygen atoms in total. The monoisotopic (exact) mass is 223 g/mol. The Kier molecular flexibility index (Phi) is 2.79. The summed E-state index contributed by atoms with van der Waals surface area (Å²) in [4.78, 5) is 4.22. The van der Waals surface area contributed by atoms with Gasteiger partial charge in [0.25, 0.3) is 0 Å². The average molecular weight is 223 g/mol. The number of aliphatic hydroxyl groups excluding tert-OH is 1. The van der Waals surface area contributed by atoms with Gasteiger partial charge in [-0.3, -0.25) is 0 Å². The number of hydrogen-bond donors (Lipinski definition) is 1. The molecule has 1 aromatic carbocycles. The Labute approximate surface area is 91.0 Å². The van der Waals surface area contributed by atoms with Crippen LogP contribution in [0.25, 0.3) is 10.6 Å². The molecule has 0 saturated carbocycles. The molecule has 1 unspecified atom stereocenters. The van der Waals surface area contributed by atoms with Gasteiger partial charge in [0.1, 0.15) is 10.8 Å².